The van der Waals surface area contributed by atoms with Crippen LogP contribution in [0.4, 0.5) is 0 Å². The predicted molar refractivity (Wildman–Crippen MR) is 80.1 cm³/mol. The molecule has 2 aliphatic rings. The average molecular weight is 303 g/mol. The molecule has 2 fully saturated rings. The van der Waals surface area contributed by atoms with Gasteiger partial charge in [-0.25, -0.2) is 0 Å². The van der Waals surface area contributed by atoms with Crippen LogP contribution in [0.15, 0.2) is 30.3 Å². The molecule has 0 radical (unpaired) electrons. The molecular formula is C17H21NO4. The molecule has 0 aromatic heterocycles. The highest BCUT2D eigenvalue weighted by molar-refractivity contribution is 5.86. The first kappa shape index (κ1) is 15.0. The minimum absolute atomic E-state index is 0.0108. The Kier molecular flexibility index (Phi) is 4.43. The van der Waals surface area contributed by atoms with E-state index in [1.807, 2.05) is 30.3 Å². The number of likely N-dealkylation sites (tertiary alicyclic amines) is 1. The van der Waals surface area contributed by atoms with Gasteiger partial charge >= 0.3 is 5.97 Å². The molecular weight excluding hydrogens is 282 g/mol. The zero-order valence-electron chi connectivity index (χ0n) is 12.5. The van der Waals surface area contributed by atoms with Crippen molar-refractivity contribution in [2.45, 2.75) is 44.4 Å². The first-order chi connectivity index (χ1) is 10.6. The lowest BCUT2D eigenvalue weighted by Crippen LogP contribution is -2.42. The van der Waals surface area contributed by atoms with Gasteiger partial charge in [0.1, 0.15) is 0 Å². The monoisotopic (exact) mass is 303 g/mol. The Morgan fingerprint density at radius 3 is 2.73 bits per heavy atom. The summed E-state index contributed by atoms with van der Waals surface area (Å²) in [6.07, 6.45) is 2.98. The minimum Gasteiger partial charge on any atom is -0.481 e. The molecule has 1 heterocycles. The van der Waals surface area contributed by atoms with Crippen molar-refractivity contribution in [3.63, 3.8) is 0 Å². The third-order valence-corrected chi connectivity index (χ3v) is 4.63. The van der Waals surface area contributed by atoms with Gasteiger partial charge in [-0.15, -0.1) is 0 Å². The molecule has 0 spiro atoms. The Labute approximate surface area is 129 Å². The predicted octanol–water partition coefficient (Wildman–Crippen LogP) is 2.06. The summed E-state index contributed by atoms with van der Waals surface area (Å²) in [5.74, 6) is -1.49. The molecule has 1 amide bonds. The fraction of sp³-hybridized carbons (Fsp3) is 0.529. The van der Waals surface area contributed by atoms with Gasteiger partial charge in [0, 0.05) is 13.0 Å². The zero-order valence-corrected chi connectivity index (χ0v) is 12.5. The zero-order chi connectivity index (χ0) is 15.5. The van der Waals surface area contributed by atoms with Gasteiger partial charge in [0.2, 0.25) is 5.91 Å². The van der Waals surface area contributed by atoms with E-state index in [4.69, 9.17) is 9.84 Å². The van der Waals surface area contributed by atoms with Crippen molar-refractivity contribution in [2.24, 2.45) is 5.92 Å². The molecule has 22 heavy (non-hydrogen) atoms. The highest BCUT2D eigenvalue weighted by Crippen LogP contribution is 2.32. The summed E-state index contributed by atoms with van der Waals surface area (Å²) in [4.78, 5) is 24.9. The van der Waals surface area contributed by atoms with Gasteiger partial charge in [0.15, 0.2) is 0 Å². The average Bonchev–Trinajstić information content (AvgIpc) is 3.12. The first-order valence-corrected chi connectivity index (χ1v) is 7.83. The number of hydrogen-bond acceptors (Lipinski definition) is 3. The van der Waals surface area contributed by atoms with Crippen molar-refractivity contribution in [1.29, 1.82) is 0 Å². The van der Waals surface area contributed by atoms with Crippen LogP contribution < -0.4 is 0 Å². The largest absolute Gasteiger partial charge is 0.481 e. The smallest absolute Gasteiger partial charge is 0.308 e. The van der Waals surface area contributed by atoms with Gasteiger partial charge in [-0.3, -0.25) is 9.59 Å². The number of benzene rings is 1. The van der Waals surface area contributed by atoms with Gasteiger partial charge in [0.05, 0.1) is 24.7 Å². The lowest BCUT2D eigenvalue weighted by molar-refractivity contribution is -0.141. The molecule has 3 atom stereocenters. The molecule has 1 saturated carbocycles. The second kappa shape index (κ2) is 6.48. The highest BCUT2D eigenvalue weighted by Gasteiger charge is 2.42. The highest BCUT2D eigenvalue weighted by atomic mass is 16.5. The second-order valence-electron chi connectivity index (χ2n) is 6.12. The molecule has 1 aromatic rings. The Morgan fingerprint density at radius 1 is 1.27 bits per heavy atom. The van der Waals surface area contributed by atoms with Crippen molar-refractivity contribution >= 4 is 11.9 Å². The molecule has 0 bridgehead atoms. The summed E-state index contributed by atoms with van der Waals surface area (Å²) < 4.78 is 6.02. The summed E-state index contributed by atoms with van der Waals surface area (Å²) in [5.41, 5.74) is 1.12. The summed E-state index contributed by atoms with van der Waals surface area (Å²) in [7, 11) is 0. The Balaban J connectivity index is 1.61. The summed E-state index contributed by atoms with van der Waals surface area (Å²) in [5, 5.41) is 9.10. The number of ether oxygens (including phenoxy) is 1. The van der Waals surface area contributed by atoms with Gasteiger partial charge in [-0.1, -0.05) is 30.3 Å². The first-order valence-electron chi connectivity index (χ1n) is 7.83. The van der Waals surface area contributed by atoms with Gasteiger partial charge in [-0.05, 0) is 24.8 Å². The molecule has 1 saturated heterocycles. The number of carbonyl (C=O) groups excluding carboxylic acids is 1. The van der Waals surface area contributed by atoms with E-state index in [0.29, 0.717) is 13.2 Å². The Hall–Kier alpha value is -1.88. The molecule has 1 aliphatic carbocycles. The lowest BCUT2D eigenvalue weighted by Gasteiger charge is -2.29. The van der Waals surface area contributed by atoms with Gasteiger partial charge < -0.3 is 14.7 Å². The van der Waals surface area contributed by atoms with E-state index in [0.717, 1.165) is 24.8 Å². The number of aliphatic carboxylic acids is 1. The van der Waals surface area contributed by atoms with E-state index in [1.165, 1.54) is 0 Å². The third kappa shape index (κ3) is 3.14. The molecule has 118 valence electrons. The molecule has 3 unspecified atom stereocenters. The maximum Gasteiger partial charge on any atom is 0.308 e. The number of rotatable bonds is 5. The molecule has 1 aromatic carbocycles. The van der Waals surface area contributed by atoms with E-state index >= 15 is 0 Å². The van der Waals surface area contributed by atoms with Crippen molar-refractivity contribution in [3.05, 3.63) is 35.9 Å². The van der Waals surface area contributed by atoms with Crippen LogP contribution in [-0.4, -0.2) is 40.6 Å². The fourth-order valence-electron chi connectivity index (χ4n) is 3.45. The maximum absolute atomic E-state index is 12.1. The number of hydrogen-bond donors (Lipinski definition) is 1. The van der Waals surface area contributed by atoms with E-state index in [-0.39, 0.29) is 24.5 Å². The van der Waals surface area contributed by atoms with E-state index < -0.39 is 11.9 Å². The van der Waals surface area contributed by atoms with Crippen LogP contribution in [0.25, 0.3) is 0 Å². The maximum atomic E-state index is 12.1. The van der Waals surface area contributed by atoms with E-state index in [1.54, 1.807) is 4.90 Å². The molecule has 5 nitrogen and oxygen atoms in total. The van der Waals surface area contributed by atoms with Crippen molar-refractivity contribution < 1.29 is 19.4 Å². The standard InChI is InChI=1S/C17H21NO4/c19-16-9-13(17(20)21)10-18(16)14-7-4-8-15(14)22-11-12-5-2-1-3-6-12/h1-3,5-6,13-15H,4,7-11H2,(H,20,21). The molecule has 3 rings (SSSR count). The van der Waals surface area contributed by atoms with E-state index in [2.05, 4.69) is 0 Å². The SMILES string of the molecule is O=C(O)C1CC(=O)N(C2CCCC2OCc2ccccc2)C1. The normalized spacial score (nSPS) is 28.3. The summed E-state index contributed by atoms with van der Waals surface area (Å²) in [6, 6.07) is 9.99. The van der Waals surface area contributed by atoms with Crippen molar-refractivity contribution in [2.75, 3.05) is 6.54 Å². The van der Waals surface area contributed by atoms with Crippen LogP contribution >= 0.6 is 0 Å². The van der Waals surface area contributed by atoms with Crippen molar-refractivity contribution in [1.82, 2.24) is 4.90 Å². The Bertz CT molecular complexity index is 545. The van der Waals surface area contributed by atoms with Crippen LogP contribution in [0.3, 0.4) is 0 Å². The topological polar surface area (TPSA) is 66.8 Å². The van der Waals surface area contributed by atoms with Crippen LogP contribution in [0.5, 0.6) is 0 Å². The number of carbonyl (C=O) groups is 2. The summed E-state index contributed by atoms with van der Waals surface area (Å²) >= 11 is 0. The lowest BCUT2D eigenvalue weighted by atomic mass is 10.1. The van der Waals surface area contributed by atoms with Crippen LogP contribution in [-0.2, 0) is 20.9 Å². The molecule has 1 N–H and O–H groups in total. The van der Waals surface area contributed by atoms with Gasteiger partial charge in [-0.2, -0.15) is 0 Å². The molecule has 1 aliphatic heterocycles. The fourth-order valence-corrected chi connectivity index (χ4v) is 3.45. The number of carboxylic acids is 1. The van der Waals surface area contributed by atoms with Crippen LogP contribution in [0.2, 0.25) is 0 Å². The Morgan fingerprint density at radius 2 is 2.05 bits per heavy atom. The van der Waals surface area contributed by atoms with E-state index in [9.17, 15) is 9.59 Å². The van der Waals surface area contributed by atoms with Crippen LogP contribution in [0.1, 0.15) is 31.2 Å². The van der Waals surface area contributed by atoms with Crippen LogP contribution in [0, 0.1) is 5.92 Å². The van der Waals surface area contributed by atoms with Crippen molar-refractivity contribution in [3.8, 4) is 0 Å². The second-order valence-corrected chi connectivity index (χ2v) is 6.12. The number of carboxylic acid groups (broad SMARTS) is 1. The minimum atomic E-state index is -0.879. The van der Waals surface area contributed by atoms with Gasteiger partial charge in [0.25, 0.3) is 0 Å². The number of amides is 1. The third-order valence-electron chi connectivity index (χ3n) is 4.63. The summed E-state index contributed by atoms with van der Waals surface area (Å²) in [6.45, 7) is 0.858. The molecule has 5 heteroatoms. The number of nitrogens with zero attached hydrogens (tertiary/aromatic N) is 1. The quantitative estimate of drug-likeness (QED) is 0.904.